The van der Waals surface area contributed by atoms with E-state index in [0.717, 1.165) is 23.4 Å². The summed E-state index contributed by atoms with van der Waals surface area (Å²) < 4.78 is 0. The van der Waals surface area contributed by atoms with E-state index in [1.165, 1.54) is 0 Å². The molecule has 1 atom stereocenters. The lowest BCUT2D eigenvalue weighted by Crippen LogP contribution is -2.21. The number of aliphatic hydroxyl groups is 1. The molecule has 1 aromatic carbocycles. The van der Waals surface area contributed by atoms with Crippen molar-refractivity contribution in [1.29, 1.82) is 0 Å². The van der Waals surface area contributed by atoms with Crippen molar-refractivity contribution in [3.05, 3.63) is 23.8 Å². The second-order valence-corrected chi connectivity index (χ2v) is 4.80. The maximum absolute atomic E-state index is 9.73. The lowest BCUT2D eigenvalue weighted by Gasteiger charge is -2.15. The number of aryl methyl sites for hydroxylation is 1. The number of benzene rings is 1. The molecule has 0 radical (unpaired) electrons. The fourth-order valence-electron chi connectivity index (χ4n) is 1.78. The van der Waals surface area contributed by atoms with Gasteiger partial charge in [-0.1, -0.05) is 13.8 Å². The van der Waals surface area contributed by atoms with Crippen molar-refractivity contribution >= 4 is 11.4 Å². The average molecular weight is 222 g/mol. The Hall–Kier alpha value is -1.22. The van der Waals surface area contributed by atoms with Crippen molar-refractivity contribution in [1.82, 2.24) is 0 Å². The maximum atomic E-state index is 9.73. The van der Waals surface area contributed by atoms with Crippen LogP contribution in [0.5, 0.6) is 0 Å². The minimum atomic E-state index is -0.304. The highest BCUT2D eigenvalue weighted by atomic mass is 16.3. The first-order valence-corrected chi connectivity index (χ1v) is 5.76. The van der Waals surface area contributed by atoms with Gasteiger partial charge >= 0.3 is 0 Å². The fourth-order valence-corrected chi connectivity index (χ4v) is 1.78. The van der Waals surface area contributed by atoms with Gasteiger partial charge in [-0.3, -0.25) is 0 Å². The van der Waals surface area contributed by atoms with Crippen molar-refractivity contribution in [2.24, 2.45) is 5.92 Å². The predicted molar refractivity (Wildman–Crippen MR) is 69.5 cm³/mol. The van der Waals surface area contributed by atoms with Crippen molar-refractivity contribution in [3.8, 4) is 0 Å². The van der Waals surface area contributed by atoms with Gasteiger partial charge in [0, 0.05) is 17.9 Å². The van der Waals surface area contributed by atoms with E-state index in [9.17, 15) is 5.11 Å². The van der Waals surface area contributed by atoms with E-state index in [0.29, 0.717) is 12.5 Å². The molecular formula is C13H22N2O. The van der Waals surface area contributed by atoms with E-state index in [1.54, 1.807) is 0 Å². The van der Waals surface area contributed by atoms with Gasteiger partial charge in [0.15, 0.2) is 0 Å². The molecule has 16 heavy (non-hydrogen) atoms. The number of hydrogen-bond acceptors (Lipinski definition) is 3. The highest BCUT2D eigenvalue weighted by Gasteiger charge is 2.06. The van der Waals surface area contributed by atoms with Gasteiger partial charge in [0.25, 0.3) is 0 Å². The Morgan fingerprint density at radius 1 is 1.31 bits per heavy atom. The zero-order valence-corrected chi connectivity index (χ0v) is 10.3. The summed E-state index contributed by atoms with van der Waals surface area (Å²) in [5.74, 6) is 0.513. The van der Waals surface area contributed by atoms with Gasteiger partial charge in [-0.25, -0.2) is 0 Å². The van der Waals surface area contributed by atoms with E-state index in [1.807, 2.05) is 25.1 Å². The summed E-state index contributed by atoms with van der Waals surface area (Å²) in [7, 11) is 0. The van der Waals surface area contributed by atoms with Gasteiger partial charge < -0.3 is 16.2 Å². The third kappa shape index (κ3) is 4.53. The molecule has 0 aliphatic heterocycles. The number of aliphatic hydroxyl groups excluding tert-OH is 1. The van der Waals surface area contributed by atoms with E-state index in [2.05, 4.69) is 19.2 Å². The van der Waals surface area contributed by atoms with Crippen molar-refractivity contribution in [2.75, 3.05) is 17.6 Å². The second-order valence-electron chi connectivity index (χ2n) is 4.80. The summed E-state index contributed by atoms with van der Waals surface area (Å²) in [6.07, 6.45) is 0.510. The molecule has 0 bridgehead atoms. The molecule has 0 aliphatic carbocycles. The molecule has 4 N–H and O–H groups in total. The van der Waals surface area contributed by atoms with Crippen LogP contribution >= 0.6 is 0 Å². The average Bonchev–Trinajstić information content (AvgIpc) is 2.12. The van der Waals surface area contributed by atoms with E-state index in [4.69, 9.17) is 5.73 Å². The van der Waals surface area contributed by atoms with Crippen LogP contribution in [0, 0.1) is 12.8 Å². The number of nitrogens with two attached hydrogens (primary N) is 1. The van der Waals surface area contributed by atoms with Crippen LogP contribution in [0.3, 0.4) is 0 Å². The fraction of sp³-hybridized carbons (Fsp3) is 0.538. The quantitative estimate of drug-likeness (QED) is 0.670. The van der Waals surface area contributed by atoms with Crippen LogP contribution in [-0.4, -0.2) is 17.8 Å². The predicted octanol–water partition coefficient (Wildman–Crippen LogP) is 2.40. The molecule has 0 saturated heterocycles. The summed E-state index contributed by atoms with van der Waals surface area (Å²) >= 11 is 0. The molecule has 0 amide bonds. The summed E-state index contributed by atoms with van der Waals surface area (Å²) in [5.41, 5.74) is 8.59. The molecule has 3 heteroatoms. The monoisotopic (exact) mass is 222 g/mol. The van der Waals surface area contributed by atoms with E-state index in [-0.39, 0.29) is 6.10 Å². The van der Waals surface area contributed by atoms with Crippen molar-refractivity contribution < 1.29 is 5.11 Å². The Balaban J connectivity index is 2.48. The zero-order chi connectivity index (χ0) is 12.1. The Labute approximate surface area is 97.7 Å². The molecule has 0 aliphatic rings. The number of nitrogens with one attached hydrogen (secondary N) is 1. The first-order valence-electron chi connectivity index (χ1n) is 5.76. The molecule has 0 heterocycles. The van der Waals surface area contributed by atoms with Gasteiger partial charge in [-0.05, 0) is 43.0 Å². The van der Waals surface area contributed by atoms with Gasteiger partial charge in [0.2, 0.25) is 0 Å². The van der Waals surface area contributed by atoms with Crippen LogP contribution in [0.25, 0.3) is 0 Å². The molecule has 0 saturated carbocycles. The molecule has 0 aromatic heterocycles. The third-order valence-corrected chi connectivity index (χ3v) is 2.38. The number of nitrogen functional groups attached to an aromatic ring is 1. The highest BCUT2D eigenvalue weighted by molar-refractivity contribution is 5.56. The van der Waals surface area contributed by atoms with Crippen LogP contribution < -0.4 is 11.1 Å². The van der Waals surface area contributed by atoms with Gasteiger partial charge in [0.1, 0.15) is 0 Å². The lowest BCUT2D eigenvalue weighted by molar-refractivity contribution is 0.161. The Morgan fingerprint density at radius 3 is 2.56 bits per heavy atom. The number of anilines is 2. The Kier molecular flexibility index (Phi) is 4.62. The zero-order valence-electron chi connectivity index (χ0n) is 10.3. The molecule has 0 fully saturated rings. The highest BCUT2D eigenvalue weighted by Crippen LogP contribution is 2.16. The molecule has 1 unspecified atom stereocenters. The minimum Gasteiger partial charge on any atom is -0.399 e. The molecule has 0 spiro atoms. The third-order valence-electron chi connectivity index (χ3n) is 2.38. The standard InChI is InChI=1S/C13H22N2O/c1-9(2)4-13(16)8-15-12-6-10(3)5-11(14)7-12/h5-7,9,13,15-16H,4,8,14H2,1-3H3. The molecular weight excluding hydrogens is 200 g/mol. The van der Waals surface area contributed by atoms with E-state index < -0.39 is 0 Å². The van der Waals surface area contributed by atoms with E-state index >= 15 is 0 Å². The van der Waals surface area contributed by atoms with Crippen LogP contribution in [-0.2, 0) is 0 Å². The second kappa shape index (κ2) is 5.75. The van der Waals surface area contributed by atoms with Crippen LogP contribution in [0.4, 0.5) is 11.4 Å². The molecule has 1 aromatic rings. The summed E-state index contributed by atoms with van der Waals surface area (Å²) in [5, 5.41) is 12.9. The summed E-state index contributed by atoms with van der Waals surface area (Å²) in [4.78, 5) is 0. The smallest absolute Gasteiger partial charge is 0.0715 e. The number of rotatable bonds is 5. The maximum Gasteiger partial charge on any atom is 0.0715 e. The molecule has 1 rings (SSSR count). The van der Waals surface area contributed by atoms with Crippen molar-refractivity contribution in [3.63, 3.8) is 0 Å². The SMILES string of the molecule is Cc1cc(N)cc(NCC(O)CC(C)C)c1. The topological polar surface area (TPSA) is 58.3 Å². The normalized spacial score (nSPS) is 12.8. The first kappa shape index (κ1) is 12.8. The molecule has 90 valence electrons. The Bertz CT molecular complexity index is 316. The minimum absolute atomic E-state index is 0.304. The largest absolute Gasteiger partial charge is 0.399 e. The number of hydrogen-bond donors (Lipinski definition) is 3. The van der Waals surface area contributed by atoms with Gasteiger partial charge in [-0.15, -0.1) is 0 Å². The summed E-state index contributed by atoms with van der Waals surface area (Å²) in [6, 6.07) is 5.84. The van der Waals surface area contributed by atoms with Gasteiger partial charge in [-0.2, -0.15) is 0 Å². The Morgan fingerprint density at radius 2 is 2.00 bits per heavy atom. The van der Waals surface area contributed by atoms with Gasteiger partial charge in [0.05, 0.1) is 6.10 Å². The lowest BCUT2D eigenvalue weighted by atomic mass is 10.1. The first-order chi connectivity index (χ1) is 7.47. The van der Waals surface area contributed by atoms with Crippen LogP contribution in [0.15, 0.2) is 18.2 Å². The summed E-state index contributed by atoms with van der Waals surface area (Å²) in [6.45, 7) is 6.79. The molecule has 3 nitrogen and oxygen atoms in total. The van der Waals surface area contributed by atoms with Crippen molar-refractivity contribution in [2.45, 2.75) is 33.3 Å². The van der Waals surface area contributed by atoms with Crippen LogP contribution in [0.2, 0.25) is 0 Å². The van der Waals surface area contributed by atoms with Crippen LogP contribution in [0.1, 0.15) is 25.8 Å².